The molecule has 1 amide bonds. The molecular weight excluding hydrogens is 390 g/mol. The van der Waals surface area contributed by atoms with E-state index in [1.165, 1.54) is 6.20 Å². The summed E-state index contributed by atoms with van der Waals surface area (Å²) in [5.74, 6) is 1.63. The number of hydrogen-bond donors (Lipinski definition) is 0. The number of piperidine rings is 1. The fourth-order valence-corrected chi connectivity index (χ4v) is 3.67. The van der Waals surface area contributed by atoms with Crippen molar-refractivity contribution in [2.75, 3.05) is 26.3 Å². The maximum Gasteiger partial charge on any atom is 0.410 e. The van der Waals surface area contributed by atoms with Crippen LogP contribution in [0.25, 0.3) is 22.6 Å². The third-order valence-corrected chi connectivity index (χ3v) is 5.45. The van der Waals surface area contributed by atoms with Crippen LogP contribution in [-0.4, -0.2) is 58.5 Å². The van der Waals surface area contributed by atoms with E-state index in [-0.39, 0.29) is 23.8 Å². The summed E-state index contributed by atoms with van der Waals surface area (Å²) in [6.07, 6.45) is 3.51. The number of aromatic nitrogens is 3. The zero-order valence-corrected chi connectivity index (χ0v) is 16.1. The van der Waals surface area contributed by atoms with Crippen LogP contribution in [0.3, 0.4) is 0 Å². The van der Waals surface area contributed by atoms with Crippen LogP contribution in [0, 0.1) is 17.2 Å². The Morgan fingerprint density at radius 2 is 2.17 bits per heavy atom. The Morgan fingerprint density at radius 3 is 2.90 bits per heavy atom. The van der Waals surface area contributed by atoms with Crippen molar-refractivity contribution in [3.63, 3.8) is 0 Å². The Hall–Kier alpha value is -3.45. The maximum atomic E-state index is 12.1. The molecule has 2 aliphatic rings. The van der Waals surface area contributed by atoms with Gasteiger partial charge in [-0.05, 0) is 24.8 Å². The van der Waals surface area contributed by atoms with Gasteiger partial charge in [-0.15, -0.1) is 0 Å². The summed E-state index contributed by atoms with van der Waals surface area (Å²) in [5.41, 5.74) is 0.835. The van der Waals surface area contributed by atoms with Gasteiger partial charge >= 0.3 is 6.09 Å². The topological polar surface area (TPSA) is 128 Å². The summed E-state index contributed by atoms with van der Waals surface area (Å²) < 4.78 is 21.5. The summed E-state index contributed by atoms with van der Waals surface area (Å²) in [5, 5.41) is 13.8. The molecule has 5 rings (SSSR count). The van der Waals surface area contributed by atoms with E-state index < -0.39 is 0 Å². The monoisotopic (exact) mass is 409 g/mol. The van der Waals surface area contributed by atoms with Gasteiger partial charge in [0.15, 0.2) is 23.4 Å². The molecule has 0 aliphatic carbocycles. The number of nitriles is 1. The summed E-state index contributed by atoms with van der Waals surface area (Å²) in [6, 6.07) is 5.42. The fourth-order valence-electron chi connectivity index (χ4n) is 3.67. The molecule has 0 aromatic carbocycles. The number of carbonyl (C=O) groups excluding carboxylic acids is 1. The molecule has 0 bridgehead atoms. The van der Waals surface area contributed by atoms with E-state index in [0.29, 0.717) is 61.2 Å². The molecule has 0 spiro atoms. The number of pyridine rings is 1. The molecule has 0 N–H and O–H groups in total. The smallest absolute Gasteiger partial charge is 0.410 e. The number of nitrogens with zero attached hydrogens (tertiary/aromatic N) is 5. The van der Waals surface area contributed by atoms with Gasteiger partial charge < -0.3 is 23.3 Å². The number of furan rings is 1. The number of ether oxygens (including phenoxy) is 2. The second-order valence-corrected chi connectivity index (χ2v) is 7.49. The number of amides is 1. The van der Waals surface area contributed by atoms with Crippen molar-refractivity contribution < 1.29 is 23.2 Å². The van der Waals surface area contributed by atoms with Crippen LogP contribution in [0.5, 0.6) is 0 Å². The number of hydrogen-bond acceptors (Lipinski definition) is 9. The maximum absolute atomic E-state index is 12.1. The lowest BCUT2D eigenvalue weighted by atomic mass is 9.93. The van der Waals surface area contributed by atoms with Gasteiger partial charge in [0, 0.05) is 31.8 Å². The molecule has 154 valence electrons. The van der Waals surface area contributed by atoms with Crippen molar-refractivity contribution in [3.05, 3.63) is 29.8 Å². The molecule has 10 heteroatoms. The van der Waals surface area contributed by atoms with Gasteiger partial charge in [-0.25, -0.2) is 9.78 Å². The molecule has 0 radical (unpaired) electrons. The van der Waals surface area contributed by atoms with Crippen molar-refractivity contribution >= 4 is 17.1 Å². The normalized spacial score (nSPS) is 17.6. The summed E-state index contributed by atoms with van der Waals surface area (Å²) in [7, 11) is 0. The largest absolute Gasteiger partial charge is 0.451 e. The molecule has 3 aromatic rings. The first-order valence-electron chi connectivity index (χ1n) is 9.84. The Bertz CT molecular complexity index is 1100. The lowest BCUT2D eigenvalue weighted by Crippen LogP contribution is -2.45. The minimum Gasteiger partial charge on any atom is -0.451 e. The molecule has 0 atom stereocenters. The summed E-state index contributed by atoms with van der Waals surface area (Å²) >= 11 is 0. The van der Waals surface area contributed by atoms with Gasteiger partial charge in [0.25, 0.3) is 5.89 Å². The van der Waals surface area contributed by atoms with Crippen molar-refractivity contribution in [2.24, 2.45) is 5.92 Å². The van der Waals surface area contributed by atoms with E-state index in [4.69, 9.17) is 23.7 Å². The van der Waals surface area contributed by atoms with Crippen LogP contribution in [-0.2, 0) is 15.9 Å². The fraction of sp³-hybridized carbons (Fsp3) is 0.450. The van der Waals surface area contributed by atoms with Crippen LogP contribution in [0.4, 0.5) is 4.79 Å². The molecule has 2 saturated heterocycles. The third kappa shape index (κ3) is 3.59. The molecule has 30 heavy (non-hydrogen) atoms. The number of fused-ring (bicyclic) bond motifs is 1. The standard InChI is InChI=1S/C20H19N5O5/c21-9-15-14-8-17(29-16(14)1-4-22-15)19-23-18(24-30-19)7-12-2-5-25(6-3-12)20(26)28-13-10-27-11-13/h1,4,8,12-13H,2-3,5-7,10-11H2. The van der Waals surface area contributed by atoms with Gasteiger partial charge in [0.05, 0.1) is 18.6 Å². The lowest BCUT2D eigenvalue weighted by Gasteiger charge is -2.33. The van der Waals surface area contributed by atoms with Crippen molar-refractivity contribution in [3.8, 4) is 17.7 Å². The second kappa shape index (κ2) is 7.76. The van der Waals surface area contributed by atoms with Crippen LogP contribution in [0.2, 0.25) is 0 Å². The Morgan fingerprint density at radius 1 is 1.33 bits per heavy atom. The van der Waals surface area contributed by atoms with E-state index in [0.717, 1.165) is 12.8 Å². The van der Waals surface area contributed by atoms with E-state index in [1.807, 2.05) is 6.07 Å². The average molecular weight is 409 g/mol. The first-order valence-corrected chi connectivity index (χ1v) is 9.84. The molecular formula is C20H19N5O5. The molecule has 0 saturated carbocycles. The second-order valence-electron chi connectivity index (χ2n) is 7.49. The van der Waals surface area contributed by atoms with E-state index in [1.54, 1.807) is 17.0 Å². The third-order valence-electron chi connectivity index (χ3n) is 5.45. The van der Waals surface area contributed by atoms with E-state index >= 15 is 0 Å². The molecule has 2 aliphatic heterocycles. The predicted molar refractivity (Wildman–Crippen MR) is 101 cm³/mol. The first kappa shape index (κ1) is 18.6. The SMILES string of the molecule is N#Cc1nccc2oc(-c3nc(CC4CCN(C(=O)OC5COC5)CC4)no3)cc12. The molecule has 2 fully saturated rings. The van der Waals surface area contributed by atoms with Gasteiger partial charge in [0.1, 0.15) is 11.7 Å². The predicted octanol–water partition coefficient (Wildman–Crippen LogP) is 2.54. The molecule has 5 heterocycles. The van der Waals surface area contributed by atoms with Crippen LogP contribution < -0.4 is 0 Å². The van der Waals surface area contributed by atoms with Gasteiger partial charge in [-0.1, -0.05) is 5.16 Å². The Labute approximate surface area is 171 Å². The first-order chi connectivity index (χ1) is 14.7. The zero-order valence-electron chi connectivity index (χ0n) is 16.1. The highest BCUT2D eigenvalue weighted by atomic mass is 16.6. The van der Waals surface area contributed by atoms with Gasteiger partial charge in [-0.3, -0.25) is 0 Å². The van der Waals surface area contributed by atoms with Crippen LogP contribution >= 0.6 is 0 Å². The summed E-state index contributed by atoms with van der Waals surface area (Å²) in [6.45, 7) is 2.27. The highest BCUT2D eigenvalue weighted by Gasteiger charge is 2.29. The summed E-state index contributed by atoms with van der Waals surface area (Å²) in [4.78, 5) is 22.3. The molecule has 10 nitrogen and oxygen atoms in total. The lowest BCUT2D eigenvalue weighted by molar-refractivity contribution is -0.105. The van der Waals surface area contributed by atoms with Crippen molar-refractivity contribution in [2.45, 2.75) is 25.4 Å². The highest BCUT2D eigenvalue weighted by Crippen LogP contribution is 2.29. The van der Waals surface area contributed by atoms with E-state index in [2.05, 4.69) is 15.1 Å². The minimum absolute atomic E-state index is 0.105. The minimum atomic E-state index is -0.264. The van der Waals surface area contributed by atoms with Crippen LogP contribution in [0.1, 0.15) is 24.4 Å². The van der Waals surface area contributed by atoms with Crippen molar-refractivity contribution in [1.29, 1.82) is 5.26 Å². The number of carbonyl (C=O) groups is 1. The Balaban J connectivity index is 1.20. The van der Waals surface area contributed by atoms with E-state index in [9.17, 15) is 4.79 Å². The highest BCUT2D eigenvalue weighted by molar-refractivity contribution is 5.85. The quantitative estimate of drug-likeness (QED) is 0.638. The zero-order chi connectivity index (χ0) is 20.5. The van der Waals surface area contributed by atoms with Crippen molar-refractivity contribution in [1.82, 2.24) is 20.0 Å². The number of rotatable bonds is 4. The number of likely N-dealkylation sites (tertiary alicyclic amines) is 1. The van der Waals surface area contributed by atoms with Crippen LogP contribution in [0.15, 0.2) is 27.3 Å². The Kier molecular flexibility index (Phi) is 4.80. The van der Waals surface area contributed by atoms with Gasteiger partial charge in [-0.2, -0.15) is 10.2 Å². The average Bonchev–Trinajstić information content (AvgIpc) is 3.37. The molecule has 3 aromatic heterocycles. The van der Waals surface area contributed by atoms with Gasteiger partial charge in [0.2, 0.25) is 0 Å². The molecule has 0 unspecified atom stereocenters.